The van der Waals surface area contributed by atoms with Crippen molar-refractivity contribution in [2.45, 2.75) is 24.5 Å². The number of likely N-dealkylation sites (tertiary alicyclic amines) is 1. The third-order valence-corrected chi connectivity index (χ3v) is 3.34. The van der Waals surface area contributed by atoms with Gasteiger partial charge in [0.05, 0.1) is 7.11 Å². The molecule has 7 nitrogen and oxygen atoms in total. The molecule has 2 N–H and O–H groups in total. The summed E-state index contributed by atoms with van der Waals surface area (Å²) < 4.78 is 4.34. The minimum absolute atomic E-state index is 0.228. The molecule has 0 aromatic rings. The Morgan fingerprint density at radius 2 is 2.29 bits per heavy atom. The molecule has 0 aromatic heterocycles. The second-order valence-corrected chi connectivity index (χ2v) is 4.19. The standard InChI is InChI=1S/C10H14N2O5/c1-17-9(16)11-5-6(13)12-4-2-3-10(12)7(14)8(10)15/h7,14H,2-5H2,1H3,(H,11,16)/t7-,10+/m0/s1. The summed E-state index contributed by atoms with van der Waals surface area (Å²) in [5.41, 5.74) is -1.01. The van der Waals surface area contributed by atoms with Crippen LogP contribution in [-0.2, 0) is 14.3 Å². The van der Waals surface area contributed by atoms with E-state index in [1.807, 2.05) is 0 Å². The van der Waals surface area contributed by atoms with Gasteiger partial charge in [0.2, 0.25) is 5.91 Å². The van der Waals surface area contributed by atoms with Crippen molar-refractivity contribution in [2.75, 3.05) is 20.2 Å². The van der Waals surface area contributed by atoms with E-state index in [1.54, 1.807) is 0 Å². The maximum atomic E-state index is 11.8. The number of hydrogen-bond acceptors (Lipinski definition) is 5. The molecule has 0 unspecified atom stereocenters. The number of ether oxygens (including phenoxy) is 1. The minimum atomic E-state index is -1.06. The van der Waals surface area contributed by atoms with Gasteiger partial charge in [0.1, 0.15) is 18.2 Å². The monoisotopic (exact) mass is 242 g/mol. The molecule has 2 aliphatic rings. The molecule has 7 heteroatoms. The minimum Gasteiger partial charge on any atom is -0.453 e. The summed E-state index contributed by atoms with van der Waals surface area (Å²) in [6, 6.07) is 0. The first-order chi connectivity index (χ1) is 8.04. The van der Waals surface area contributed by atoms with Crippen molar-refractivity contribution in [1.29, 1.82) is 0 Å². The normalized spacial score (nSPS) is 30.6. The molecule has 2 atom stereocenters. The molecule has 2 fully saturated rings. The van der Waals surface area contributed by atoms with Crippen LogP contribution in [-0.4, -0.2) is 59.6 Å². The van der Waals surface area contributed by atoms with Gasteiger partial charge in [0.25, 0.3) is 0 Å². The Morgan fingerprint density at radius 3 is 2.82 bits per heavy atom. The zero-order valence-electron chi connectivity index (χ0n) is 9.43. The van der Waals surface area contributed by atoms with Crippen LogP contribution in [0.15, 0.2) is 0 Å². The van der Waals surface area contributed by atoms with Crippen LogP contribution >= 0.6 is 0 Å². The molecule has 2 amide bonds. The third-order valence-electron chi connectivity index (χ3n) is 3.34. The van der Waals surface area contributed by atoms with Gasteiger partial charge < -0.3 is 20.1 Å². The summed E-state index contributed by atoms with van der Waals surface area (Å²) in [4.78, 5) is 35.4. The van der Waals surface area contributed by atoms with Crippen molar-refractivity contribution in [3.05, 3.63) is 0 Å². The molecule has 0 bridgehead atoms. The molecule has 2 rings (SSSR count). The van der Waals surface area contributed by atoms with Crippen molar-refractivity contribution in [3.63, 3.8) is 0 Å². The van der Waals surface area contributed by atoms with E-state index >= 15 is 0 Å². The number of alkyl carbamates (subject to hydrolysis) is 1. The molecule has 1 aliphatic carbocycles. The number of carbonyl (C=O) groups excluding carboxylic acids is 3. The van der Waals surface area contributed by atoms with E-state index in [0.717, 1.165) is 0 Å². The molecule has 0 aromatic carbocycles. The van der Waals surface area contributed by atoms with Crippen LogP contribution in [0.4, 0.5) is 4.79 Å². The fourth-order valence-electron chi connectivity index (χ4n) is 2.36. The van der Waals surface area contributed by atoms with E-state index in [0.29, 0.717) is 19.4 Å². The summed E-state index contributed by atoms with van der Waals surface area (Å²) in [6.07, 6.45) is -0.578. The van der Waals surface area contributed by atoms with Crippen LogP contribution in [0.5, 0.6) is 0 Å². The van der Waals surface area contributed by atoms with Crippen molar-refractivity contribution < 1.29 is 24.2 Å². The van der Waals surface area contributed by atoms with E-state index in [1.165, 1.54) is 12.0 Å². The Hall–Kier alpha value is -1.63. The number of aliphatic hydroxyl groups excluding tert-OH is 1. The molecule has 0 radical (unpaired) electrons. The highest BCUT2D eigenvalue weighted by Gasteiger charge is 2.70. The Labute approximate surface area is 97.7 Å². The van der Waals surface area contributed by atoms with Gasteiger partial charge in [0, 0.05) is 6.54 Å². The van der Waals surface area contributed by atoms with Gasteiger partial charge in [0.15, 0.2) is 5.78 Å². The van der Waals surface area contributed by atoms with Crippen molar-refractivity contribution in [2.24, 2.45) is 0 Å². The highest BCUT2D eigenvalue weighted by molar-refractivity contribution is 6.13. The molecule has 1 saturated carbocycles. The number of hydrogen-bond donors (Lipinski definition) is 2. The average Bonchev–Trinajstić information content (AvgIpc) is 2.75. The molecule has 1 spiro atoms. The maximum absolute atomic E-state index is 11.8. The maximum Gasteiger partial charge on any atom is 0.407 e. The predicted molar refractivity (Wildman–Crippen MR) is 55.1 cm³/mol. The summed E-state index contributed by atoms with van der Waals surface area (Å²) in [7, 11) is 1.20. The first-order valence-corrected chi connectivity index (χ1v) is 5.38. The zero-order chi connectivity index (χ0) is 12.6. The number of rotatable bonds is 2. The first kappa shape index (κ1) is 11.8. The summed E-state index contributed by atoms with van der Waals surface area (Å²) in [6.45, 7) is 0.207. The van der Waals surface area contributed by atoms with Crippen molar-refractivity contribution >= 4 is 17.8 Å². The summed E-state index contributed by atoms with van der Waals surface area (Å²) in [5, 5.41) is 11.7. The van der Waals surface area contributed by atoms with Crippen molar-refractivity contribution in [3.8, 4) is 0 Å². The first-order valence-electron chi connectivity index (χ1n) is 5.38. The zero-order valence-corrected chi connectivity index (χ0v) is 9.43. The molecule has 1 heterocycles. The van der Waals surface area contributed by atoms with E-state index in [9.17, 15) is 19.5 Å². The Morgan fingerprint density at radius 1 is 1.65 bits per heavy atom. The van der Waals surface area contributed by atoms with E-state index in [2.05, 4.69) is 10.1 Å². The third kappa shape index (κ3) is 1.66. The lowest BCUT2D eigenvalue weighted by atomic mass is 10.2. The van der Waals surface area contributed by atoms with Crippen LogP contribution in [0.2, 0.25) is 0 Å². The van der Waals surface area contributed by atoms with Gasteiger partial charge in [-0.3, -0.25) is 9.59 Å². The number of nitrogens with one attached hydrogen (secondary N) is 1. The van der Waals surface area contributed by atoms with Gasteiger partial charge in [-0.25, -0.2) is 4.79 Å². The fourth-order valence-corrected chi connectivity index (χ4v) is 2.36. The SMILES string of the molecule is COC(=O)NCC(=O)N1CCC[C@@]12C(=O)[C@@H]2O. The van der Waals surface area contributed by atoms with Crippen LogP contribution in [0, 0.1) is 0 Å². The fraction of sp³-hybridized carbons (Fsp3) is 0.700. The highest BCUT2D eigenvalue weighted by atomic mass is 16.5. The van der Waals surface area contributed by atoms with Gasteiger partial charge in [-0.05, 0) is 12.8 Å². The number of ketones is 1. The van der Waals surface area contributed by atoms with Gasteiger partial charge in [-0.15, -0.1) is 0 Å². The molecular formula is C10H14N2O5. The molecule has 1 aliphatic heterocycles. The Bertz CT molecular complexity index is 383. The second-order valence-electron chi connectivity index (χ2n) is 4.19. The van der Waals surface area contributed by atoms with Crippen LogP contribution in [0.3, 0.4) is 0 Å². The smallest absolute Gasteiger partial charge is 0.407 e. The quantitative estimate of drug-likeness (QED) is 0.624. The van der Waals surface area contributed by atoms with Gasteiger partial charge >= 0.3 is 6.09 Å². The number of carbonyl (C=O) groups is 3. The van der Waals surface area contributed by atoms with E-state index < -0.39 is 17.7 Å². The van der Waals surface area contributed by atoms with E-state index in [4.69, 9.17) is 0 Å². The highest BCUT2D eigenvalue weighted by Crippen LogP contribution is 2.46. The predicted octanol–water partition coefficient (Wildman–Crippen LogP) is -1.35. The molecular weight excluding hydrogens is 228 g/mol. The largest absolute Gasteiger partial charge is 0.453 e. The molecule has 94 valence electrons. The molecule has 1 saturated heterocycles. The number of nitrogens with zero attached hydrogens (tertiary/aromatic N) is 1. The lowest BCUT2D eigenvalue weighted by Crippen LogP contribution is -2.45. The summed E-state index contributed by atoms with van der Waals surface area (Å²) in [5.74, 6) is -0.681. The Kier molecular flexibility index (Phi) is 2.78. The topological polar surface area (TPSA) is 95.9 Å². The average molecular weight is 242 g/mol. The van der Waals surface area contributed by atoms with Crippen LogP contribution in [0.25, 0.3) is 0 Å². The summed E-state index contributed by atoms with van der Waals surface area (Å²) >= 11 is 0. The lowest BCUT2D eigenvalue weighted by Gasteiger charge is -2.22. The van der Waals surface area contributed by atoms with E-state index in [-0.39, 0.29) is 18.2 Å². The Balaban J connectivity index is 1.96. The molecule has 17 heavy (non-hydrogen) atoms. The number of methoxy groups -OCH3 is 1. The van der Waals surface area contributed by atoms with Gasteiger partial charge in [-0.1, -0.05) is 0 Å². The lowest BCUT2D eigenvalue weighted by molar-refractivity contribution is -0.134. The van der Waals surface area contributed by atoms with Gasteiger partial charge in [-0.2, -0.15) is 0 Å². The number of amides is 2. The number of aliphatic hydroxyl groups is 1. The van der Waals surface area contributed by atoms with Crippen LogP contribution in [0.1, 0.15) is 12.8 Å². The van der Waals surface area contributed by atoms with Crippen molar-refractivity contribution in [1.82, 2.24) is 10.2 Å². The van der Waals surface area contributed by atoms with Crippen LogP contribution < -0.4 is 5.32 Å². The number of Topliss-reactive ketones (excluding diaryl/α,β-unsaturated/α-hetero) is 1. The second kappa shape index (κ2) is 3.99.